The van der Waals surface area contributed by atoms with Crippen LogP contribution in [0.1, 0.15) is 32.3 Å². The molecule has 0 bridgehead atoms. The second-order valence-corrected chi connectivity index (χ2v) is 7.37. The summed E-state index contributed by atoms with van der Waals surface area (Å²) in [6, 6.07) is 17.9. The molecule has 3 nitrogen and oxygen atoms in total. The molecular formula is C21H20N2O. The van der Waals surface area contributed by atoms with E-state index in [9.17, 15) is 4.79 Å². The van der Waals surface area contributed by atoms with Crippen LogP contribution in [-0.2, 0) is 4.79 Å². The fourth-order valence-corrected chi connectivity index (χ4v) is 3.67. The van der Waals surface area contributed by atoms with Crippen LogP contribution in [-0.4, -0.2) is 17.2 Å². The average Bonchev–Trinajstić information content (AvgIpc) is 2.70. The van der Waals surface area contributed by atoms with Gasteiger partial charge in [0.1, 0.15) is 5.78 Å². The number of carbonyl (C=O) groups is 1. The first-order valence-electron chi connectivity index (χ1n) is 8.37. The smallest absolute Gasteiger partial charge is 0.148 e. The Labute approximate surface area is 142 Å². The lowest BCUT2D eigenvalue weighted by Gasteiger charge is -2.34. The predicted molar refractivity (Wildman–Crippen MR) is 97.7 cm³/mol. The topological polar surface area (TPSA) is 41.8 Å². The van der Waals surface area contributed by atoms with Crippen LogP contribution >= 0.6 is 0 Å². The molecule has 2 aromatic carbocycles. The van der Waals surface area contributed by atoms with Crippen LogP contribution < -0.4 is 0 Å². The molecule has 2 aromatic rings. The Morgan fingerprint density at radius 1 is 0.875 bits per heavy atom. The van der Waals surface area contributed by atoms with Crippen LogP contribution in [0.25, 0.3) is 0 Å². The summed E-state index contributed by atoms with van der Waals surface area (Å²) in [5.41, 5.74) is 4.43. The third-order valence-corrected chi connectivity index (χ3v) is 4.70. The molecule has 3 heteroatoms. The van der Waals surface area contributed by atoms with Gasteiger partial charge >= 0.3 is 0 Å². The summed E-state index contributed by atoms with van der Waals surface area (Å²) in [6.07, 6.45) is 1.39. The highest BCUT2D eigenvalue weighted by atomic mass is 16.1. The second kappa shape index (κ2) is 5.52. The third-order valence-electron chi connectivity index (χ3n) is 4.70. The van der Waals surface area contributed by atoms with E-state index >= 15 is 0 Å². The number of ketones is 1. The monoisotopic (exact) mass is 316 g/mol. The van der Waals surface area contributed by atoms with Gasteiger partial charge in [-0.3, -0.25) is 9.79 Å². The van der Waals surface area contributed by atoms with Crippen LogP contribution in [0.3, 0.4) is 0 Å². The summed E-state index contributed by atoms with van der Waals surface area (Å²) < 4.78 is 0. The van der Waals surface area contributed by atoms with Gasteiger partial charge in [-0.2, -0.15) is 0 Å². The van der Waals surface area contributed by atoms with Gasteiger partial charge in [0.15, 0.2) is 0 Å². The first-order chi connectivity index (χ1) is 11.5. The van der Waals surface area contributed by atoms with Gasteiger partial charge in [-0.25, -0.2) is 4.99 Å². The lowest BCUT2D eigenvalue weighted by Crippen LogP contribution is -2.41. The molecule has 1 aliphatic carbocycles. The minimum absolute atomic E-state index is 0.0481. The zero-order chi connectivity index (χ0) is 16.7. The van der Waals surface area contributed by atoms with E-state index in [0.717, 1.165) is 34.8 Å². The molecule has 0 aromatic heterocycles. The van der Waals surface area contributed by atoms with E-state index in [1.807, 2.05) is 54.6 Å². The van der Waals surface area contributed by atoms with Crippen molar-refractivity contribution in [2.24, 2.45) is 21.3 Å². The van der Waals surface area contributed by atoms with Gasteiger partial charge in [0.05, 0.1) is 23.0 Å². The molecule has 0 amide bonds. The van der Waals surface area contributed by atoms with Gasteiger partial charge in [-0.05, 0) is 29.5 Å². The maximum absolute atomic E-state index is 13.0. The normalized spacial score (nSPS) is 21.9. The van der Waals surface area contributed by atoms with Gasteiger partial charge in [0.2, 0.25) is 0 Å². The van der Waals surface area contributed by atoms with Crippen molar-refractivity contribution >= 4 is 28.6 Å². The molecule has 120 valence electrons. The van der Waals surface area contributed by atoms with E-state index in [1.54, 1.807) is 0 Å². The molecule has 2 aliphatic rings. The Morgan fingerprint density at radius 3 is 2.21 bits per heavy atom. The Morgan fingerprint density at radius 2 is 1.50 bits per heavy atom. The van der Waals surface area contributed by atoms with Crippen LogP contribution in [0.5, 0.6) is 0 Å². The summed E-state index contributed by atoms with van der Waals surface area (Å²) in [5.74, 6) is -0.103. The first-order valence-corrected chi connectivity index (χ1v) is 8.37. The summed E-state index contributed by atoms with van der Waals surface area (Å²) >= 11 is 0. The van der Waals surface area contributed by atoms with Gasteiger partial charge < -0.3 is 0 Å². The van der Waals surface area contributed by atoms with Crippen molar-refractivity contribution in [3.05, 3.63) is 60.2 Å². The number of hydrogen-bond acceptors (Lipinski definition) is 3. The van der Waals surface area contributed by atoms with Gasteiger partial charge in [0.25, 0.3) is 0 Å². The largest absolute Gasteiger partial charge is 0.299 e. The van der Waals surface area contributed by atoms with E-state index in [1.165, 1.54) is 0 Å². The molecule has 0 unspecified atom stereocenters. The van der Waals surface area contributed by atoms with E-state index in [2.05, 4.69) is 13.8 Å². The summed E-state index contributed by atoms with van der Waals surface area (Å²) in [7, 11) is 0. The Kier molecular flexibility index (Phi) is 3.45. The average molecular weight is 316 g/mol. The number of hydrogen-bond donors (Lipinski definition) is 0. The fourth-order valence-electron chi connectivity index (χ4n) is 3.67. The van der Waals surface area contributed by atoms with E-state index in [-0.39, 0.29) is 17.1 Å². The quantitative estimate of drug-likeness (QED) is 0.738. The fraction of sp³-hybridized carbons (Fsp3) is 0.286. The SMILES string of the molecule is CC1(C)CC(=O)[C@H]2C(=Nc3ccccc3N=C2c2ccccc2)C1. The number of aliphatic imine (C=N–C) groups is 2. The zero-order valence-electron chi connectivity index (χ0n) is 14.0. The van der Waals surface area contributed by atoms with Crippen molar-refractivity contribution in [1.82, 2.24) is 0 Å². The van der Waals surface area contributed by atoms with Crippen LogP contribution in [0.15, 0.2) is 64.6 Å². The molecular weight excluding hydrogens is 296 g/mol. The molecule has 0 N–H and O–H groups in total. The third kappa shape index (κ3) is 2.60. The van der Waals surface area contributed by atoms with Crippen molar-refractivity contribution in [2.45, 2.75) is 26.7 Å². The number of fused-ring (bicyclic) bond motifs is 2. The summed E-state index contributed by atoms with van der Waals surface area (Å²) in [5, 5.41) is 0. The van der Waals surface area contributed by atoms with Crippen molar-refractivity contribution < 1.29 is 4.79 Å². The standard InChI is InChI=1S/C21H20N2O/c1-21(2)12-17-19(18(24)13-21)20(14-8-4-3-5-9-14)23-16-11-7-6-10-15(16)22-17/h3-11,19H,12-13H2,1-2H3/t19-/m1/s1. The van der Waals surface area contributed by atoms with Gasteiger partial charge in [0, 0.05) is 12.1 Å². The number of rotatable bonds is 1. The highest BCUT2D eigenvalue weighted by Crippen LogP contribution is 2.41. The Hall–Kier alpha value is -2.55. The van der Waals surface area contributed by atoms with Crippen LogP contribution in [0.2, 0.25) is 0 Å². The molecule has 1 saturated carbocycles. The first kappa shape index (κ1) is 15.0. The molecule has 0 spiro atoms. The van der Waals surface area contributed by atoms with Gasteiger partial charge in [-0.15, -0.1) is 0 Å². The lowest BCUT2D eigenvalue weighted by atomic mass is 9.69. The molecule has 1 heterocycles. The maximum Gasteiger partial charge on any atom is 0.148 e. The molecule has 0 saturated heterocycles. The van der Waals surface area contributed by atoms with E-state index < -0.39 is 0 Å². The number of carbonyl (C=O) groups excluding carboxylic acids is 1. The highest BCUT2D eigenvalue weighted by molar-refractivity contribution is 6.30. The number of nitrogens with zero attached hydrogens (tertiary/aromatic N) is 2. The van der Waals surface area contributed by atoms with Crippen LogP contribution in [0, 0.1) is 11.3 Å². The molecule has 4 rings (SSSR count). The van der Waals surface area contributed by atoms with E-state index in [0.29, 0.717) is 6.42 Å². The van der Waals surface area contributed by atoms with Gasteiger partial charge in [-0.1, -0.05) is 56.3 Å². The molecule has 1 fully saturated rings. The van der Waals surface area contributed by atoms with Crippen molar-refractivity contribution in [1.29, 1.82) is 0 Å². The summed E-state index contributed by atoms with van der Waals surface area (Å²) in [6.45, 7) is 4.28. The van der Waals surface area contributed by atoms with E-state index in [4.69, 9.17) is 9.98 Å². The molecule has 1 aliphatic heterocycles. The lowest BCUT2D eigenvalue weighted by molar-refractivity contribution is -0.122. The highest BCUT2D eigenvalue weighted by Gasteiger charge is 2.41. The molecule has 24 heavy (non-hydrogen) atoms. The maximum atomic E-state index is 13.0. The second-order valence-electron chi connectivity index (χ2n) is 7.37. The molecule has 0 radical (unpaired) electrons. The number of Topliss-reactive ketones (excluding diaryl/α,β-unsaturated/α-hetero) is 1. The minimum atomic E-state index is -0.326. The number of benzene rings is 2. The van der Waals surface area contributed by atoms with Crippen molar-refractivity contribution in [3.63, 3.8) is 0 Å². The van der Waals surface area contributed by atoms with Crippen molar-refractivity contribution in [3.8, 4) is 0 Å². The zero-order valence-corrected chi connectivity index (χ0v) is 14.0. The van der Waals surface area contributed by atoms with Crippen LogP contribution in [0.4, 0.5) is 11.4 Å². The Bertz CT molecular complexity index is 862. The van der Waals surface area contributed by atoms with Crippen molar-refractivity contribution in [2.75, 3.05) is 0 Å². The minimum Gasteiger partial charge on any atom is -0.299 e. The summed E-state index contributed by atoms with van der Waals surface area (Å²) in [4.78, 5) is 22.7. The number of para-hydroxylation sites is 2. The predicted octanol–water partition coefficient (Wildman–Crippen LogP) is 4.90. The molecule has 1 atom stereocenters. The Balaban J connectivity index is 1.94.